The number of hydrogen-bond acceptors (Lipinski definition) is 7. The number of hydrogen-bond donors (Lipinski definition) is 1. The fourth-order valence-electron chi connectivity index (χ4n) is 2.37. The number of methoxy groups -OCH3 is 1. The summed E-state index contributed by atoms with van der Waals surface area (Å²) in [6, 6.07) is 3.32. The molecule has 1 amide bonds. The maximum Gasteiger partial charge on any atom is 0.277 e. The normalized spacial score (nSPS) is 11.7. The van der Waals surface area contributed by atoms with Crippen LogP contribution in [0.3, 0.4) is 0 Å². The summed E-state index contributed by atoms with van der Waals surface area (Å²) in [5.41, 5.74) is 0.433. The lowest BCUT2D eigenvalue weighted by Gasteiger charge is -2.13. The molecule has 9 nitrogen and oxygen atoms in total. The Balaban J connectivity index is 1.76. The largest absolute Gasteiger partial charge is 0.435 e. The highest BCUT2D eigenvalue weighted by Crippen LogP contribution is 2.26. The standard InChI is InChI=1S/C18H21N5O4/c1-18(2,3)15(24)14-8-11-7-12(9-19-17(11)27-14)20-16(25)13-10-23(22-21-13)5-6-26-4/h7-10H,5-6H2,1-4H3,(H,20,25). The summed E-state index contributed by atoms with van der Waals surface area (Å²) in [4.78, 5) is 28.8. The van der Waals surface area contributed by atoms with Crippen molar-refractivity contribution < 1.29 is 18.7 Å². The molecule has 0 saturated carbocycles. The molecule has 142 valence electrons. The van der Waals surface area contributed by atoms with Crippen molar-refractivity contribution in [1.29, 1.82) is 0 Å². The number of nitrogens with zero attached hydrogens (tertiary/aromatic N) is 4. The lowest BCUT2D eigenvalue weighted by atomic mass is 9.89. The first-order valence-electron chi connectivity index (χ1n) is 8.43. The lowest BCUT2D eigenvalue weighted by Crippen LogP contribution is -2.19. The van der Waals surface area contributed by atoms with Gasteiger partial charge in [0.25, 0.3) is 5.91 Å². The van der Waals surface area contributed by atoms with Crippen LogP contribution in [0.1, 0.15) is 41.8 Å². The average molecular weight is 371 g/mol. The minimum Gasteiger partial charge on any atom is -0.435 e. The van der Waals surface area contributed by atoms with Crippen LogP contribution < -0.4 is 5.32 Å². The third-order valence-corrected chi connectivity index (χ3v) is 3.83. The van der Waals surface area contributed by atoms with Gasteiger partial charge in [0.05, 0.1) is 31.2 Å². The van der Waals surface area contributed by atoms with Gasteiger partial charge in [0.1, 0.15) is 0 Å². The second-order valence-corrected chi connectivity index (χ2v) is 7.12. The summed E-state index contributed by atoms with van der Waals surface area (Å²) in [6.07, 6.45) is 3.00. The molecule has 0 saturated heterocycles. The molecular formula is C18H21N5O4. The van der Waals surface area contributed by atoms with E-state index in [1.807, 2.05) is 20.8 Å². The molecule has 3 aromatic rings. The molecule has 0 radical (unpaired) electrons. The van der Waals surface area contributed by atoms with Gasteiger partial charge in [-0.1, -0.05) is 26.0 Å². The molecule has 0 bridgehead atoms. The van der Waals surface area contributed by atoms with E-state index in [1.165, 1.54) is 17.1 Å². The van der Waals surface area contributed by atoms with Gasteiger partial charge >= 0.3 is 0 Å². The minimum atomic E-state index is -0.556. The van der Waals surface area contributed by atoms with Crippen LogP contribution in [0.4, 0.5) is 5.69 Å². The second kappa shape index (κ2) is 7.28. The summed E-state index contributed by atoms with van der Waals surface area (Å²) in [7, 11) is 1.59. The van der Waals surface area contributed by atoms with E-state index in [1.54, 1.807) is 19.2 Å². The van der Waals surface area contributed by atoms with Crippen LogP contribution in [0.15, 0.2) is 28.9 Å². The number of rotatable bonds is 6. The molecule has 0 aliphatic heterocycles. The predicted molar refractivity (Wildman–Crippen MR) is 97.6 cm³/mol. The van der Waals surface area contributed by atoms with Crippen LogP contribution in [-0.4, -0.2) is 45.4 Å². The Hall–Kier alpha value is -3.07. The second-order valence-electron chi connectivity index (χ2n) is 7.12. The van der Waals surface area contributed by atoms with Crippen molar-refractivity contribution >= 4 is 28.5 Å². The Kier molecular flexibility index (Phi) is 5.04. The number of Topliss-reactive ketones (excluding diaryl/α,β-unsaturated/α-hetero) is 1. The first-order valence-corrected chi connectivity index (χ1v) is 8.43. The zero-order valence-corrected chi connectivity index (χ0v) is 15.6. The highest BCUT2D eigenvalue weighted by Gasteiger charge is 2.26. The average Bonchev–Trinajstić information content (AvgIpc) is 3.24. The van der Waals surface area contributed by atoms with E-state index < -0.39 is 11.3 Å². The maximum absolute atomic E-state index is 12.3. The van der Waals surface area contributed by atoms with Crippen molar-refractivity contribution in [2.75, 3.05) is 19.0 Å². The number of ether oxygens (including phenoxy) is 1. The Morgan fingerprint density at radius 2 is 2.07 bits per heavy atom. The summed E-state index contributed by atoms with van der Waals surface area (Å²) < 4.78 is 12.0. The molecule has 0 atom stereocenters. The van der Waals surface area contributed by atoms with Gasteiger partial charge in [-0.25, -0.2) is 9.67 Å². The molecule has 0 spiro atoms. The van der Waals surface area contributed by atoms with Crippen molar-refractivity contribution in [2.24, 2.45) is 5.41 Å². The van der Waals surface area contributed by atoms with Crippen molar-refractivity contribution in [3.63, 3.8) is 0 Å². The van der Waals surface area contributed by atoms with Crippen molar-refractivity contribution in [2.45, 2.75) is 27.3 Å². The monoisotopic (exact) mass is 371 g/mol. The van der Waals surface area contributed by atoms with Crippen molar-refractivity contribution in [1.82, 2.24) is 20.0 Å². The topological polar surface area (TPSA) is 112 Å². The summed E-state index contributed by atoms with van der Waals surface area (Å²) in [5.74, 6) is -0.275. The Morgan fingerprint density at radius 3 is 2.78 bits per heavy atom. The van der Waals surface area contributed by atoms with E-state index >= 15 is 0 Å². The summed E-state index contributed by atoms with van der Waals surface area (Å²) in [5, 5.41) is 11.1. The number of fused-ring (bicyclic) bond motifs is 1. The van der Waals surface area contributed by atoms with E-state index in [9.17, 15) is 9.59 Å². The number of amides is 1. The number of nitrogens with one attached hydrogen (secondary N) is 1. The highest BCUT2D eigenvalue weighted by atomic mass is 16.5. The van der Waals surface area contributed by atoms with E-state index in [0.29, 0.717) is 29.9 Å². The molecule has 0 aliphatic rings. The minimum absolute atomic E-state index is 0.112. The maximum atomic E-state index is 12.3. The lowest BCUT2D eigenvalue weighted by molar-refractivity contribution is 0.0830. The Bertz CT molecular complexity index is 983. The Labute approximate surface area is 155 Å². The molecule has 3 rings (SSSR count). The number of carbonyl (C=O) groups is 2. The molecule has 3 heterocycles. The number of anilines is 1. The summed E-state index contributed by atoms with van der Waals surface area (Å²) in [6.45, 7) is 6.44. The van der Waals surface area contributed by atoms with Gasteiger partial charge in [-0.15, -0.1) is 5.10 Å². The Morgan fingerprint density at radius 1 is 1.30 bits per heavy atom. The van der Waals surface area contributed by atoms with Crippen LogP contribution in [0, 0.1) is 5.41 Å². The third-order valence-electron chi connectivity index (χ3n) is 3.83. The smallest absolute Gasteiger partial charge is 0.277 e. The predicted octanol–water partition coefficient (Wildman–Crippen LogP) is 2.55. The van der Waals surface area contributed by atoms with E-state index in [4.69, 9.17) is 9.15 Å². The van der Waals surface area contributed by atoms with Crippen LogP contribution in [-0.2, 0) is 11.3 Å². The van der Waals surface area contributed by atoms with Crippen molar-refractivity contribution in [3.05, 3.63) is 36.0 Å². The molecule has 0 fully saturated rings. The van der Waals surface area contributed by atoms with Gasteiger partial charge < -0.3 is 14.5 Å². The van der Waals surface area contributed by atoms with Crippen molar-refractivity contribution in [3.8, 4) is 0 Å². The van der Waals surface area contributed by atoms with Gasteiger partial charge in [0.2, 0.25) is 11.5 Å². The zero-order chi connectivity index (χ0) is 19.6. The van der Waals surface area contributed by atoms with E-state index in [0.717, 1.165) is 0 Å². The molecule has 27 heavy (non-hydrogen) atoms. The number of furan rings is 1. The fraction of sp³-hybridized carbons (Fsp3) is 0.389. The molecule has 3 aromatic heterocycles. The van der Waals surface area contributed by atoms with Crippen LogP contribution in [0.2, 0.25) is 0 Å². The van der Waals surface area contributed by atoms with Gasteiger partial charge in [0, 0.05) is 17.9 Å². The van der Waals surface area contributed by atoms with Gasteiger partial charge in [-0.3, -0.25) is 9.59 Å². The number of ketones is 1. The molecule has 1 N–H and O–H groups in total. The molecule has 0 aliphatic carbocycles. The van der Waals surface area contributed by atoms with Crippen LogP contribution >= 0.6 is 0 Å². The molecule has 0 aromatic carbocycles. The first kappa shape index (κ1) is 18.7. The molecule has 0 unspecified atom stereocenters. The molecular weight excluding hydrogens is 350 g/mol. The first-order chi connectivity index (χ1) is 12.8. The molecule has 9 heteroatoms. The van der Waals surface area contributed by atoms with Gasteiger partial charge in [-0.2, -0.15) is 0 Å². The quantitative estimate of drug-likeness (QED) is 0.663. The van der Waals surface area contributed by atoms with E-state index in [-0.39, 0.29) is 17.2 Å². The zero-order valence-electron chi connectivity index (χ0n) is 15.6. The number of aromatic nitrogens is 4. The van der Waals surface area contributed by atoms with Crippen LogP contribution in [0.5, 0.6) is 0 Å². The summed E-state index contributed by atoms with van der Waals surface area (Å²) >= 11 is 0. The third kappa shape index (κ3) is 4.20. The number of carbonyl (C=O) groups excluding carboxylic acids is 2. The highest BCUT2D eigenvalue weighted by molar-refractivity contribution is 6.04. The number of pyridine rings is 1. The van der Waals surface area contributed by atoms with Crippen LogP contribution in [0.25, 0.3) is 11.1 Å². The van der Waals surface area contributed by atoms with E-state index in [2.05, 4.69) is 20.6 Å². The van der Waals surface area contributed by atoms with Gasteiger partial charge in [-0.05, 0) is 12.1 Å². The van der Waals surface area contributed by atoms with Gasteiger partial charge in [0.15, 0.2) is 11.5 Å². The SMILES string of the molecule is COCCn1cc(C(=O)Nc2cnc3oc(C(=O)C(C)(C)C)cc3c2)nn1. The fourth-order valence-corrected chi connectivity index (χ4v) is 2.37.